The molecular formula is C20H29N5O3. The molecule has 152 valence electrons. The minimum Gasteiger partial charge on any atom is -0.465 e. The predicted molar refractivity (Wildman–Crippen MR) is 104 cm³/mol. The van der Waals surface area contributed by atoms with Gasteiger partial charge in [-0.05, 0) is 32.9 Å². The van der Waals surface area contributed by atoms with Crippen LogP contribution in [0.4, 0.5) is 0 Å². The van der Waals surface area contributed by atoms with Crippen LogP contribution in [0.15, 0.2) is 28.9 Å². The molecule has 1 aliphatic rings. The summed E-state index contributed by atoms with van der Waals surface area (Å²) in [5.74, 6) is 2.30. The van der Waals surface area contributed by atoms with Gasteiger partial charge in [-0.2, -0.15) is 0 Å². The first-order valence-electron chi connectivity index (χ1n) is 9.68. The summed E-state index contributed by atoms with van der Waals surface area (Å²) in [5.41, 5.74) is 0. The van der Waals surface area contributed by atoms with Gasteiger partial charge in [-0.25, -0.2) is 4.98 Å². The highest BCUT2D eigenvalue weighted by atomic mass is 16.3. The van der Waals surface area contributed by atoms with E-state index < -0.39 is 6.04 Å². The quantitative estimate of drug-likeness (QED) is 0.777. The maximum Gasteiger partial charge on any atom is 0.237 e. The van der Waals surface area contributed by atoms with Crippen LogP contribution in [-0.2, 0) is 29.7 Å². The molecule has 1 N–H and O–H groups in total. The monoisotopic (exact) mass is 387 g/mol. The summed E-state index contributed by atoms with van der Waals surface area (Å²) in [6.45, 7) is 8.04. The van der Waals surface area contributed by atoms with Gasteiger partial charge in [-0.3, -0.25) is 14.5 Å². The molecular weight excluding hydrogens is 358 g/mol. The molecule has 1 fully saturated rings. The first-order chi connectivity index (χ1) is 13.3. The van der Waals surface area contributed by atoms with Crippen LogP contribution in [0.2, 0.25) is 0 Å². The largest absolute Gasteiger partial charge is 0.465 e. The molecule has 1 aliphatic heterocycles. The zero-order valence-corrected chi connectivity index (χ0v) is 17.0. The van der Waals surface area contributed by atoms with Gasteiger partial charge in [0.25, 0.3) is 0 Å². The molecule has 1 unspecified atom stereocenters. The van der Waals surface area contributed by atoms with Crippen LogP contribution < -0.4 is 5.32 Å². The fourth-order valence-electron chi connectivity index (χ4n) is 3.49. The van der Waals surface area contributed by atoms with Gasteiger partial charge >= 0.3 is 0 Å². The zero-order valence-electron chi connectivity index (χ0n) is 17.0. The average Bonchev–Trinajstić information content (AvgIpc) is 3.23. The lowest BCUT2D eigenvalue weighted by Crippen LogP contribution is -2.56. The summed E-state index contributed by atoms with van der Waals surface area (Å²) in [7, 11) is 1.91. The Bertz CT molecular complexity index is 825. The van der Waals surface area contributed by atoms with E-state index in [1.54, 1.807) is 11.1 Å². The van der Waals surface area contributed by atoms with Crippen LogP contribution in [0.5, 0.6) is 0 Å². The Morgan fingerprint density at radius 2 is 2.21 bits per heavy atom. The van der Waals surface area contributed by atoms with E-state index in [1.165, 1.54) is 0 Å². The predicted octanol–water partition coefficient (Wildman–Crippen LogP) is 1.45. The number of hydrogen-bond acceptors (Lipinski definition) is 5. The van der Waals surface area contributed by atoms with Gasteiger partial charge < -0.3 is 19.2 Å². The summed E-state index contributed by atoms with van der Waals surface area (Å²) in [5, 5.41) is 2.88. The number of carbonyl (C=O) groups excluding carboxylic acids is 2. The standard InChI is InChI=1S/C20H29N5O3/c1-14(2)25(13-18-21-7-9-23(18)4)19(26)11-17-20(27)22-8-10-24(17)12-16-6-5-15(3)28-16/h5-7,9,14,17H,8,10-13H2,1-4H3,(H,22,27). The number of imidazole rings is 1. The SMILES string of the molecule is Cc1ccc(CN2CCNC(=O)C2CC(=O)N(Cc2nccn2C)C(C)C)o1. The number of hydrogen-bond donors (Lipinski definition) is 1. The fourth-order valence-corrected chi connectivity index (χ4v) is 3.49. The zero-order chi connectivity index (χ0) is 20.3. The molecule has 0 radical (unpaired) electrons. The van der Waals surface area contributed by atoms with Crippen LogP contribution in [0.3, 0.4) is 0 Å². The maximum atomic E-state index is 13.1. The number of rotatable bonds is 7. The average molecular weight is 387 g/mol. The number of furan rings is 1. The third kappa shape index (κ3) is 4.62. The Balaban J connectivity index is 1.72. The number of amides is 2. The van der Waals surface area contributed by atoms with E-state index in [9.17, 15) is 9.59 Å². The number of aromatic nitrogens is 2. The van der Waals surface area contributed by atoms with Crippen molar-refractivity contribution in [3.63, 3.8) is 0 Å². The molecule has 1 atom stereocenters. The van der Waals surface area contributed by atoms with E-state index in [-0.39, 0.29) is 24.3 Å². The van der Waals surface area contributed by atoms with Crippen molar-refractivity contribution in [2.45, 2.75) is 52.4 Å². The van der Waals surface area contributed by atoms with E-state index in [0.717, 1.165) is 17.3 Å². The fraction of sp³-hybridized carbons (Fsp3) is 0.550. The molecule has 2 aromatic heterocycles. The first kappa shape index (κ1) is 20.1. The number of piperazine rings is 1. The summed E-state index contributed by atoms with van der Waals surface area (Å²) < 4.78 is 7.57. The van der Waals surface area contributed by atoms with Crippen LogP contribution in [-0.4, -0.2) is 56.3 Å². The molecule has 8 nitrogen and oxygen atoms in total. The molecule has 1 saturated heterocycles. The van der Waals surface area contributed by atoms with Gasteiger partial charge in [-0.1, -0.05) is 0 Å². The van der Waals surface area contributed by atoms with Gasteiger partial charge in [-0.15, -0.1) is 0 Å². The Morgan fingerprint density at radius 1 is 1.43 bits per heavy atom. The Morgan fingerprint density at radius 3 is 2.82 bits per heavy atom. The molecule has 0 bridgehead atoms. The Hall–Kier alpha value is -2.61. The highest BCUT2D eigenvalue weighted by Gasteiger charge is 2.34. The van der Waals surface area contributed by atoms with E-state index >= 15 is 0 Å². The molecule has 3 rings (SSSR count). The van der Waals surface area contributed by atoms with Crippen molar-refractivity contribution in [3.8, 4) is 0 Å². The third-order valence-corrected chi connectivity index (χ3v) is 5.14. The molecule has 2 aromatic rings. The normalized spacial score (nSPS) is 17.8. The van der Waals surface area contributed by atoms with Crippen molar-refractivity contribution in [1.29, 1.82) is 0 Å². The number of nitrogens with zero attached hydrogens (tertiary/aromatic N) is 4. The van der Waals surface area contributed by atoms with Crippen LogP contribution in [0.25, 0.3) is 0 Å². The van der Waals surface area contributed by atoms with Gasteiger partial charge in [0.15, 0.2) is 0 Å². The van der Waals surface area contributed by atoms with E-state index in [1.807, 2.05) is 55.6 Å². The topological polar surface area (TPSA) is 83.6 Å². The minimum atomic E-state index is -0.505. The summed E-state index contributed by atoms with van der Waals surface area (Å²) in [6.07, 6.45) is 3.72. The molecule has 3 heterocycles. The second kappa shape index (κ2) is 8.60. The van der Waals surface area contributed by atoms with Crippen molar-refractivity contribution < 1.29 is 14.0 Å². The molecule has 0 aromatic carbocycles. The maximum absolute atomic E-state index is 13.1. The molecule has 0 aliphatic carbocycles. The smallest absolute Gasteiger partial charge is 0.237 e. The van der Waals surface area contributed by atoms with Gasteiger partial charge in [0.1, 0.15) is 17.3 Å². The third-order valence-electron chi connectivity index (χ3n) is 5.14. The van der Waals surface area contributed by atoms with Crippen molar-refractivity contribution in [1.82, 2.24) is 24.7 Å². The van der Waals surface area contributed by atoms with Crippen molar-refractivity contribution in [3.05, 3.63) is 41.9 Å². The van der Waals surface area contributed by atoms with Crippen molar-refractivity contribution in [2.75, 3.05) is 13.1 Å². The minimum absolute atomic E-state index is 0.0111. The van der Waals surface area contributed by atoms with Gasteiger partial charge in [0, 0.05) is 38.6 Å². The van der Waals surface area contributed by atoms with Crippen LogP contribution >= 0.6 is 0 Å². The van der Waals surface area contributed by atoms with Crippen LogP contribution in [0, 0.1) is 6.92 Å². The lowest BCUT2D eigenvalue weighted by Gasteiger charge is -2.36. The second-order valence-corrected chi connectivity index (χ2v) is 7.56. The van der Waals surface area contributed by atoms with Crippen LogP contribution in [0.1, 0.15) is 37.6 Å². The molecule has 8 heteroatoms. The van der Waals surface area contributed by atoms with Crippen molar-refractivity contribution >= 4 is 11.8 Å². The summed E-state index contributed by atoms with van der Waals surface area (Å²) in [4.78, 5) is 33.7. The van der Waals surface area contributed by atoms with Gasteiger partial charge in [0.05, 0.1) is 25.6 Å². The lowest BCUT2D eigenvalue weighted by atomic mass is 10.1. The van der Waals surface area contributed by atoms with E-state index in [4.69, 9.17) is 4.42 Å². The first-order valence-corrected chi connectivity index (χ1v) is 9.68. The van der Waals surface area contributed by atoms with Crippen molar-refractivity contribution in [2.24, 2.45) is 7.05 Å². The van der Waals surface area contributed by atoms with E-state index in [0.29, 0.717) is 26.2 Å². The Kier molecular flexibility index (Phi) is 6.18. The van der Waals surface area contributed by atoms with Gasteiger partial charge in [0.2, 0.25) is 11.8 Å². The molecule has 2 amide bonds. The highest BCUT2D eigenvalue weighted by molar-refractivity contribution is 5.89. The lowest BCUT2D eigenvalue weighted by molar-refractivity contribution is -0.140. The molecule has 0 saturated carbocycles. The number of carbonyl (C=O) groups is 2. The molecule has 0 spiro atoms. The number of aryl methyl sites for hydroxylation is 2. The number of nitrogens with one attached hydrogen (secondary N) is 1. The van der Waals surface area contributed by atoms with E-state index in [2.05, 4.69) is 10.3 Å². The summed E-state index contributed by atoms with van der Waals surface area (Å²) >= 11 is 0. The highest BCUT2D eigenvalue weighted by Crippen LogP contribution is 2.18. The Labute approximate surface area is 165 Å². The second-order valence-electron chi connectivity index (χ2n) is 7.56. The molecule has 28 heavy (non-hydrogen) atoms. The summed E-state index contributed by atoms with van der Waals surface area (Å²) in [6, 6.07) is 3.33.